The van der Waals surface area contributed by atoms with Crippen molar-refractivity contribution in [2.24, 2.45) is 5.92 Å². The van der Waals surface area contributed by atoms with Gasteiger partial charge in [-0.05, 0) is 42.5 Å². The van der Waals surface area contributed by atoms with Gasteiger partial charge in [0.2, 0.25) is 0 Å². The summed E-state index contributed by atoms with van der Waals surface area (Å²) in [7, 11) is 0. The molecule has 1 heterocycles. The Morgan fingerprint density at radius 2 is 2.06 bits per heavy atom. The number of rotatable bonds is 1. The molecule has 1 aliphatic heterocycles. The SMILES string of the molecule is CCC1=C(C)C(C)C2=C1Cc1ccccc1S2. The van der Waals surface area contributed by atoms with Crippen molar-refractivity contribution in [3.8, 4) is 0 Å². The maximum atomic E-state index is 2.36. The molecule has 17 heavy (non-hydrogen) atoms. The predicted molar refractivity (Wildman–Crippen MR) is 75.2 cm³/mol. The highest BCUT2D eigenvalue weighted by Gasteiger charge is 2.31. The van der Waals surface area contributed by atoms with Gasteiger partial charge in [-0.1, -0.05) is 49.4 Å². The highest BCUT2D eigenvalue weighted by atomic mass is 32.2. The summed E-state index contributed by atoms with van der Waals surface area (Å²) in [5, 5.41) is 0. The lowest BCUT2D eigenvalue weighted by Crippen LogP contribution is -2.02. The fourth-order valence-electron chi connectivity index (χ4n) is 3.00. The van der Waals surface area contributed by atoms with Crippen LogP contribution in [0.4, 0.5) is 0 Å². The van der Waals surface area contributed by atoms with Crippen LogP contribution in [-0.2, 0) is 6.42 Å². The lowest BCUT2D eigenvalue weighted by Gasteiger charge is -2.21. The van der Waals surface area contributed by atoms with E-state index in [1.807, 2.05) is 11.8 Å². The zero-order chi connectivity index (χ0) is 12.0. The number of thioether (sulfide) groups is 1. The Morgan fingerprint density at radius 1 is 1.29 bits per heavy atom. The molecule has 0 saturated heterocycles. The van der Waals surface area contributed by atoms with Gasteiger partial charge in [0.05, 0.1) is 0 Å². The Balaban J connectivity index is 2.06. The van der Waals surface area contributed by atoms with E-state index in [0.29, 0.717) is 5.92 Å². The summed E-state index contributed by atoms with van der Waals surface area (Å²) in [4.78, 5) is 3.07. The number of allylic oxidation sites excluding steroid dienone is 4. The minimum absolute atomic E-state index is 0.637. The first-order chi connectivity index (χ1) is 8.22. The molecule has 1 aliphatic carbocycles. The molecule has 0 aromatic heterocycles. The van der Waals surface area contributed by atoms with Crippen molar-refractivity contribution in [2.75, 3.05) is 0 Å². The molecule has 1 heteroatoms. The van der Waals surface area contributed by atoms with E-state index < -0.39 is 0 Å². The fourth-order valence-corrected chi connectivity index (χ4v) is 4.33. The first kappa shape index (κ1) is 11.2. The topological polar surface area (TPSA) is 0 Å². The third-order valence-corrected chi connectivity index (χ3v) is 5.53. The Hall–Kier alpha value is -0.950. The molecule has 0 amide bonds. The van der Waals surface area contributed by atoms with Crippen molar-refractivity contribution in [2.45, 2.75) is 38.5 Å². The van der Waals surface area contributed by atoms with E-state index in [4.69, 9.17) is 0 Å². The standard InChI is InChI=1S/C16H18S/c1-4-13-10(2)11(3)16-14(13)9-12-7-5-6-8-15(12)17-16/h5-8,11H,4,9H2,1-3H3. The molecular weight excluding hydrogens is 224 g/mol. The number of hydrogen-bond acceptors (Lipinski definition) is 1. The first-order valence-electron chi connectivity index (χ1n) is 6.41. The van der Waals surface area contributed by atoms with E-state index in [0.717, 1.165) is 6.42 Å². The van der Waals surface area contributed by atoms with Gasteiger partial charge in [0.1, 0.15) is 0 Å². The van der Waals surface area contributed by atoms with Crippen LogP contribution in [0.1, 0.15) is 32.8 Å². The number of fused-ring (bicyclic) bond motifs is 1. The van der Waals surface area contributed by atoms with Crippen LogP contribution in [-0.4, -0.2) is 0 Å². The summed E-state index contributed by atoms with van der Waals surface area (Å²) in [5.41, 5.74) is 6.35. The molecule has 0 saturated carbocycles. The van der Waals surface area contributed by atoms with Crippen molar-refractivity contribution in [3.05, 3.63) is 51.5 Å². The van der Waals surface area contributed by atoms with E-state index in [2.05, 4.69) is 45.0 Å². The van der Waals surface area contributed by atoms with Crippen LogP contribution in [0.15, 0.2) is 50.8 Å². The molecule has 0 bridgehead atoms. The van der Waals surface area contributed by atoms with Gasteiger partial charge >= 0.3 is 0 Å². The minimum Gasteiger partial charge on any atom is -0.0933 e. The van der Waals surface area contributed by atoms with Gasteiger partial charge in [0.15, 0.2) is 0 Å². The summed E-state index contributed by atoms with van der Waals surface area (Å²) in [6.07, 6.45) is 2.32. The summed E-state index contributed by atoms with van der Waals surface area (Å²) in [5.74, 6) is 0.637. The summed E-state index contributed by atoms with van der Waals surface area (Å²) in [6, 6.07) is 8.84. The van der Waals surface area contributed by atoms with E-state index >= 15 is 0 Å². The van der Waals surface area contributed by atoms with Crippen molar-refractivity contribution in [1.82, 2.24) is 0 Å². The molecule has 3 rings (SSSR count). The van der Waals surface area contributed by atoms with Crippen LogP contribution < -0.4 is 0 Å². The van der Waals surface area contributed by atoms with E-state index in [9.17, 15) is 0 Å². The number of hydrogen-bond donors (Lipinski definition) is 0. The molecule has 1 aromatic carbocycles. The zero-order valence-corrected chi connectivity index (χ0v) is 11.5. The summed E-state index contributed by atoms with van der Waals surface area (Å²) in [6.45, 7) is 6.95. The second-order valence-corrected chi connectivity index (χ2v) is 6.05. The molecule has 1 aromatic rings. The quantitative estimate of drug-likeness (QED) is 0.670. The van der Waals surface area contributed by atoms with Gasteiger partial charge in [-0.3, -0.25) is 0 Å². The third-order valence-electron chi connectivity index (χ3n) is 4.09. The van der Waals surface area contributed by atoms with E-state index in [1.165, 1.54) is 16.9 Å². The maximum Gasteiger partial charge on any atom is 0.0154 e. The highest BCUT2D eigenvalue weighted by molar-refractivity contribution is 8.03. The lowest BCUT2D eigenvalue weighted by atomic mass is 9.97. The largest absolute Gasteiger partial charge is 0.0933 e. The van der Waals surface area contributed by atoms with Crippen LogP contribution in [0, 0.1) is 5.92 Å². The molecule has 1 atom stereocenters. The van der Waals surface area contributed by atoms with Crippen LogP contribution in [0.5, 0.6) is 0 Å². The Bertz CT molecular complexity index is 534. The van der Waals surface area contributed by atoms with Crippen LogP contribution >= 0.6 is 11.8 Å². The Kier molecular flexibility index (Phi) is 2.67. The molecule has 0 fully saturated rings. The molecular formula is C16H18S. The number of benzene rings is 1. The van der Waals surface area contributed by atoms with E-state index in [1.54, 1.807) is 21.6 Å². The van der Waals surface area contributed by atoms with Gasteiger partial charge < -0.3 is 0 Å². The molecule has 0 nitrogen and oxygen atoms in total. The molecule has 1 unspecified atom stereocenters. The lowest BCUT2D eigenvalue weighted by molar-refractivity contribution is 0.853. The normalized spacial score (nSPS) is 22.9. The van der Waals surface area contributed by atoms with Gasteiger partial charge in [-0.25, -0.2) is 0 Å². The smallest absolute Gasteiger partial charge is 0.0154 e. The summed E-state index contributed by atoms with van der Waals surface area (Å²) >= 11 is 2.00. The fraction of sp³-hybridized carbons (Fsp3) is 0.375. The maximum absolute atomic E-state index is 2.36. The van der Waals surface area contributed by atoms with Crippen molar-refractivity contribution < 1.29 is 0 Å². The average molecular weight is 242 g/mol. The van der Waals surface area contributed by atoms with Crippen LogP contribution in [0.25, 0.3) is 0 Å². The van der Waals surface area contributed by atoms with Crippen molar-refractivity contribution >= 4 is 11.8 Å². The Morgan fingerprint density at radius 3 is 2.82 bits per heavy atom. The second-order valence-electron chi connectivity index (χ2n) is 4.97. The van der Waals surface area contributed by atoms with E-state index in [-0.39, 0.29) is 0 Å². The molecule has 0 radical (unpaired) electrons. The van der Waals surface area contributed by atoms with Gasteiger partial charge in [-0.15, -0.1) is 0 Å². The zero-order valence-electron chi connectivity index (χ0n) is 10.7. The second kappa shape index (κ2) is 4.06. The van der Waals surface area contributed by atoms with Crippen molar-refractivity contribution in [1.29, 1.82) is 0 Å². The van der Waals surface area contributed by atoms with Crippen LogP contribution in [0.3, 0.4) is 0 Å². The van der Waals surface area contributed by atoms with Gasteiger partial charge in [-0.2, -0.15) is 0 Å². The Labute approximate surface area is 108 Å². The monoisotopic (exact) mass is 242 g/mol. The van der Waals surface area contributed by atoms with Gasteiger partial charge in [0, 0.05) is 15.7 Å². The van der Waals surface area contributed by atoms with Crippen LogP contribution in [0.2, 0.25) is 0 Å². The molecule has 2 aliphatic rings. The first-order valence-corrected chi connectivity index (χ1v) is 7.22. The third kappa shape index (κ3) is 1.60. The highest BCUT2D eigenvalue weighted by Crippen LogP contribution is 2.51. The molecule has 0 N–H and O–H groups in total. The molecule has 0 spiro atoms. The summed E-state index contributed by atoms with van der Waals surface area (Å²) < 4.78 is 0. The van der Waals surface area contributed by atoms with Gasteiger partial charge in [0.25, 0.3) is 0 Å². The predicted octanol–water partition coefficient (Wildman–Crippen LogP) is 4.97. The molecule has 88 valence electrons. The minimum atomic E-state index is 0.637. The average Bonchev–Trinajstić information content (AvgIpc) is 2.59. The van der Waals surface area contributed by atoms with Crippen molar-refractivity contribution in [3.63, 3.8) is 0 Å².